The van der Waals surface area contributed by atoms with Crippen LogP contribution in [0.3, 0.4) is 0 Å². The molecule has 1 atom stereocenters. The molecule has 2 fully saturated rings. The molecule has 106 valence electrons. The van der Waals surface area contributed by atoms with Gasteiger partial charge in [-0.1, -0.05) is 0 Å². The second-order valence-electron chi connectivity index (χ2n) is 6.27. The molecule has 2 aliphatic rings. The zero-order valence-corrected chi connectivity index (χ0v) is 12.0. The number of rotatable bonds is 3. The summed E-state index contributed by atoms with van der Waals surface area (Å²) >= 11 is 0. The van der Waals surface area contributed by atoms with Gasteiger partial charge in [0, 0.05) is 30.9 Å². The van der Waals surface area contributed by atoms with Crippen LogP contribution in [-0.4, -0.2) is 47.7 Å². The van der Waals surface area contributed by atoms with Crippen LogP contribution in [0.15, 0.2) is 12.5 Å². The fourth-order valence-corrected chi connectivity index (χ4v) is 3.64. The quantitative estimate of drug-likeness (QED) is 0.900. The van der Waals surface area contributed by atoms with Gasteiger partial charge in [0.15, 0.2) is 0 Å². The Labute approximate surface area is 116 Å². The molecule has 0 spiro atoms. The van der Waals surface area contributed by atoms with Gasteiger partial charge in [-0.15, -0.1) is 0 Å². The fraction of sp³-hybridized carbons (Fsp3) is 0.800. The van der Waals surface area contributed by atoms with Crippen molar-refractivity contribution in [1.29, 1.82) is 0 Å². The second kappa shape index (κ2) is 6.06. The van der Waals surface area contributed by atoms with Crippen LogP contribution in [0.4, 0.5) is 0 Å². The van der Waals surface area contributed by atoms with E-state index in [1.165, 1.54) is 44.5 Å². The van der Waals surface area contributed by atoms with E-state index in [0.717, 1.165) is 25.6 Å². The van der Waals surface area contributed by atoms with E-state index in [0.29, 0.717) is 5.92 Å². The Morgan fingerprint density at radius 1 is 1.32 bits per heavy atom. The van der Waals surface area contributed by atoms with E-state index in [1.807, 2.05) is 6.33 Å². The summed E-state index contributed by atoms with van der Waals surface area (Å²) < 4.78 is 2.43. The van der Waals surface area contributed by atoms with Crippen LogP contribution in [-0.2, 0) is 6.54 Å². The van der Waals surface area contributed by atoms with Crippen LogP contribution in [0.25, 0.3) is 0 Å². The van der Waals surface area contributed by atoms with Gasteiger partial charge in [-0.25, -0.2) is 4.98 Å². The van der Waals surface area contributed by atoms with E-state index in [1.54, 1.807) is 0 Å². The van der Waals surface area contributed by atoms with E-state index in [-0.39, 0.29) is 0 Å². The molecule has 3 heterocycles. The lowest BCUT2D eigenvalue weighted by molar-refractivity contribution is 0.193. The van der Waals surface area contributed by atoms with Crippen molar-refractivity contribution in [2.75, 3.05) is 33.2 Å². The third-order valence-electron chi connectivity index (χ3n) is 4.68. The van der Waals surface area contributed by atoms with Crippen molar-refractivity contribution in [1.82, 2.24) is 19.8 Å². The zero-order valence-electron chi connectivity index (χ0n) is 12.0. The summed E-state index contributed by atoms with van der Waals surface area (Å²) in [5.74, 6) is 1.51. The first-order chi connectivity index (χ1) is 9.33. The molecule has 4 nitrogen and oxygen atoms in total. The van der Waals surface area contributed by atoms with Gasteiger partial charge < -0.3 is 14.8 Å². The predicted molar refractivity (Wildman–Crippen MR) is 77.3 cm³/mol. The Hall–Kier alpha value is -0.870. The molecule has 0 saturated carbocycles. The van der Waals surface area contributed by atoms with Crippen molar-refractivity contribution in [2.45, 2.75) is 38.1 Å². The Kier molecular flexibility index (Phi) is 4.18. The average Bonchev–Trinajstić information content (AvgIpc) is 2.88. The third-order valence-corrected chi connectivity index (χ3v) is 4.68. The Bertz CT molecular complexity index is 395. The molecule has 3 rings (SSSR count). The maximum Gasteiger partial charge on any atom is 0.0948 e. The van der Waals surface area contributed by atoms with Crippen molar-refractivity contribution >= 4 is 0 Å². The van der Waals surface area contributed by atoms with Gasteiger partial charge in [0.2, 0.25) is 0 Å². The van der Waals surface area contributed by atoms with Gasteiger partial charge in [-0.2, -0.15) is 0 Å². The van der Waals surface area contributed by atoms with Gasteiger partial charge >= 0.3 is 0 Å². The summed E-state index contributed by atoms with van der Waals surface area (Å²) in [5.41, 5.74) is 1.47. The Balaban J connectivity index is 1.65. The first kappa shape index (κ1) is 13.1. The smallest absolute Gasteiger partial charge is 0.0948 e. The minimum absolute atomic E-state index is 0.713. The van der Waals surface area contributed by atoms with Gasteiger partial charge in [0.1, 0.15) is 0 Å². The lowest BCUT2D eigenvalue weighted by Gasteiger charge is -2.31. The number of nitrogens with one attached hydrogen (secondary N) is 1. The predicted octanol–water partition coefficient (Wildman–Crippen LogP) is 1.69. The number of hydrogen-bond acceptors (Lipinski definition) is 3. The molecule has 1 aromatic heterocycles. The topological polar surface area (TPSA) is 33.1 Å². The van der Waals surface area contributed by atoms with Crippen LogP contribution in [0.5, 0.6) is 0 Å². The highest BCUT2D eigenvalue weighted by atomic mass is 15.1. The summed E-state index contributed by atoms with van der Waals surface area (Å²) in [4.78, 5) is 6.88. The number of imidazole rings is 1. The van der Waals surface area contributed by atoms with Crippen LogP contribution in [0, 0.1) is 5.92 Å². The average molecular weight is 262 g/mol. The second-order valence-corrected chi connectivity index (χ2v) is 6.27. The van der Waals surface area contributed by atoms with Crippen LogP contribution >= 0.6 is 0 Å². The minimum atomic E-state index is 0.713. The fourth-order valence-electron chi connectivity index (χ4n) is 3.64. The first-order valence-electron chi connectivity index (χ1n) is 7.72. The highest BCUT2D eigenvalue weighted by molar-refractivity contribution is 5.08. The zero-order chi connectivity index (χ0) is 13.1. The number of hydrogen-bond donors (Lipinski definition) is 1. The van der Waals surface area contributed by atoms with Gasteiger partial charge in [-0.3, -0.25) is 0 Å². The lowest BCUT2D eigenvalue weighted by Crippen LogP contribution is -2.34. The van der Waals surface area contributed by atoms with E-state index in [4.69, 9.17) is 0 Å². The van der Waals surface area contributed by atoms with Crippen molar-refractivity contribution in [3.8, 4) is 0 Å². The molecule has 0 radical (unpaired) electrons. The van der Waals surface area contributed by atoms with E-state index < -0.39 is 0 Å². The summed E-state index contributed by atoms with van der Waals surface area (Å²) in [6.07, 6.45) is 9.38. The van der Waals surface area contributed by atoms with Crippen LogP contribution < -0.4 is 5.32 Å². The van der Waals surface area contributed by atoms with E-state index in [9.17, 15) is 0 Å². The molecule has 2 saturated heterocycles. The highest BCUT2D eigenvalue weighted by Gasteiger charge is 2.22. The van der Waals surface area contributed by atoms with Crippen molar-refractivity contribution in [3.63, 3.8) is 0 Å². The number of nitrogens with zero attached hydrogens (tertiary/aromatic N) is 3. The Morgan fingerprint density at radius 2 is 2.16 bits per heavy atom. The molecule has 1 aromatic rings. The van der Waals surface area contributed by atoms with Gasteiger partial charge in [0.05, 0.1) is 6.33 Å². The van der Waals surface area contributed by atoms with Crippen molar-refractivity contribution in [2.24, 2.45) is 5.92 Å². The normalized spacial score (nSPS) is 26.7. The standard InChI is InChI=1S/C15H26N4/c1-18-8-2-3-13(10-18)11-19-12-17-9-15(19)14-4-6-16-7-5-14/h9,12-14,16H,2-8,10-11H2,1H3. The molecule has 4 heteroatoms. The monoisotopic (exact) mass is 262 g/mol. The maximum absolute atomic E-state index is 4.41. The van der Waals surface area contributed by atoms with Crippen molar-refractivity contribution in [3.05, 3.63) is 18.2 Å². The van der Waals surface area contributed by atoms with Crippen LogP contribution in [0.2, 0.25) is 0 Å². The van der Waals surface area contributed by atoms with Crippen LogP contribution in [0.1, 0.15) is 37.3 Å². The lowest BCUT2D eigenvalue weighted by atomic mass is 9.94. The molecular formula is C15H26N4. The molecule has 19 heavy (non-hydrogen) atoms. The van der Waals surface area contributed by atoms with E-state index in [2.05, 4.69) is 33.0 Å². The molecule has 1 N–H and O–H groups in total. The molecule has 0 aliphatic carbocycles. The summed E-state index contributed by atoms with van der Waals surface area (Å²) in [6.45, 7) is 5.97. The van der Waals surface area contributed by atoms with Gasteiger partial charge in [-0.05, 0) is 58.3 Å². The highest BCUT2D eigenvalue weighted by Crippen LogP contribution is 2.26. The largest absolute Gasteiger partial charge is 0.334 e. The summed E-state index contributed by atoms with van der Waals surface area (Å²) in [7, 11) is 2.24. The summed E-state index contributed by atoms with van der Waals surface area (Å²) in [6, 6.07) is 0. The first-order valence-corrected chi connectivity index (χ1v) is 7.72. The summed E-state index contributed by atoms with van der Waals surface area (Å²) in [5, 5.41) is 3.45. The molecule has 0 amide bonds. The molecule has 0 bridgehead atoms. The number of piperidine rings is 2. The molecule has 2 aliphatic heterocycles. The molecular weight excluding hydrogens is 236 g/mol. The number of likely N-dealkylation sites (tertiary alicyclic amines) is 1. The molecule has 1 unspecified atom stereocenters. The van der Waals surface area contributed by atoms with E-state index >= 15 is 0 Å². The maximum atomic E-state index is 4.41. The van der Waals surface area contributed by atoms with Crippen molar-refractivity contribution < 1.29 is 0 Å². The molecule has 0 aromatic carbocycles. The third kappa shape index (κ3) is 3.18. The minimum Gasteiger partial charge on any atom is -0.334 e. The SMILES string of the molecule is CN1CCCC(Cn2cncc2C2CCNCC2)C1. The van der Waals surface area contributed by atoms with Gasteiger partial charge in [0.25, 0.3) is 0 Å². The Morgan fingerprint density at radius 3 is 2.95 bits per heavy atom. The number of aromatic nitrogens is 2.